The fraction of sp³-hybridized carbons (Fsp3) is 0.367. The summed E-state index contributed by atoms with van der Waals surface area (Å²) >= 11 is 0. The van der Waals surface area contributed by atoms with E-state index in [1.807, 2.05) is 24.3 Å². The van der Waals surface area contributed by atoms with Gasteiger partial charge >= 0.3 is 0 Å². The number of rotatable bonds is 12. The molecule has 0 aliphatic rings. The van der Waals surface area contributed by atoms with Gasteiger partial charge in [0.25, 0.3) is 0 Å². The van der Waals surface area contributed by atoms with Gasteiger partial charge in [-0.2, -0.15) is 5.26 Å². The largest absolute Gasteiger partial charge is 0.497 e. The molecule has 0 N–H and O–H groups in total. The predicted molar refractivity (Wildman–Crippen MR) is 151 cm³/mol. The van der Waals surface area contributed by atoms with Crippen molar-refractivity contribution in [2.24, 2.45) is 0 Å². The number of nitriles is 1. The van der Waals surface area contributed by atoms with Crippen LogP contribution in [0.4, 0.5) is 5.69 Å². The number of benzene rings is 2. The summed E-state index contributed by atoms with van der Waals surface area (Å²) in [6, 6.07) is 14.2. The second-order valence-corrected chi connectivity index (χ2v) is 9.13. The number of unbranched alkanes of at least 4 members (excludes halogenated alkanes) is 1. The van der Waals surface area contributed by atoms with Gasteiger partial charge in [-0.3, -0.25) is 0 Å². The molecule has 0 saturated heterocycles. The predicted octanol–water partition coefficient (Wildman–Crippen LogP) is 4.85. The molecule has 9 heteroatoms. The van der Waals surface area contributed by atoms with Crippen molar-refractivity contribution in [1.29, 1.82) is 5.26 Å². The van der Waals surface area contributed by atoms with Gasteiger partial charge in [0, 0.05) is 24.3 Å². The minimum absolute atomic E-state index is 0.0465. The van der Waals surface area contributed by atoms with Crippen LogP contribution in [-0.4, -0.2) is 49.0 Å². The SMILES string of the molecule is CCCCN(CC)c1ccc(/C=c2\c(C#N)c(COOC)c3nc(-c4cc(OC)ccc4OC)nn23)c(C)c1. The first-order chi connectivity index (χ1) is 19.0. The highest BCUT2D eigenvalue weighted by atomic mass is 17.2. The van der Waals surface area contributed by atoms with Crippen LogP contribution >= 0.6 is 0 Å². The van der Waals surface area contributed by atoms with Crippen LogP contribution in [-0.2, 0) is 16.4 Å². The van der Waals surface area contributed by atoms with E-state index in [0.29, 0.717) is 45.0 Å². The van der Waals surface area contributed by atoms with Gasteiger partial charge in [0.1, 0.15) is 24.2 Å². The molecule has 2 heterocycles. The lowest BCUT2D eigenvalue weighted by Crippen LogP contribution is -2.23. The molecule has 4 aromatic rings. The number of methoxy groups -OCH3 is 2. The molecule has 0 radical (unpaired) electrons. The Morgan fingerprint density at radius 2 is 1.90 bits per heavy atom. The molecule has 0 unspecified atom stereocenters. The van der Waals surface area contributed by atoms with E-state index >= 15 is 0 Å². The van der Waals surface area contributed by atoms with E-state index in [0.717, 1.165) is 37.1 Å². The Balaban J connectivity index is 1.90. The zero-order valence-electron chi connectivity index (χ0n) is 23.4. The Hall–Kier alpha value is -4.13. The minimum Gasteiger partial charge on any atom is -0.497 e. The van der Waals surface area contributed by atoms with E-state index in [2.05, 4.69) is 49.9 Å². The number of anilines is 1. The van der Waals surface area contributed by atoms with Crippen LogP contribution in [0.5, 0.6) is 11.5 Å². The molecule has 39 heavy (non-hydrogen) atoms. The van der Waals surface area contributed by atoms with Gasteiger partial charge < -0.3 is 14.4 Å². The monoisotopic (exact) mass is 529 g/mol. The summed E-state index contributed by atoms with van der Waals surface area (Å²) in [7, 11) is 4.63. The normalized spacial score (nSPS) is 11.7. The van der Waals surface area contributed by atoms with Crippen molar-refractivity contribution in [3.63, 3.8) is 0 Å². The zero-order valence-corrected chi connectivity index (χ0v) is 23.4. The van der Waals surface area contributed by atoms with Crippen molar-refractivity contribution in [1.82, 2.24) is 14.6 Å². The molecular formula is C30H35N5O4. The molecule has 2 aromatic heterocycles. The topological polar surface area (TPSA) is 94.1 Å². The lowest BCUT2D eigenvalue weighted by Gasteiger charge is -2.23. The number of hydrogen-bond acceptors (Lipinski definition) is 8. The molecule has 4 rings (SSSR count). The zero-order chi connectivity index (χ0) is 27.9. The molecule has 0 bridgehead atoms. The first kappa shape index (κ1) is 27.9. The Bertz CT molecular complexity index is 1540. The highest BCUT2D eigenvalue weighted by Crippen LogP contribution is 2.32. The summed E-state index contributed by atoms with van der Waals surface area (Å²) in [6.45, 7) is 8.48. The van der Waals surface area contributed by atoms with Gasteiger partial charge in [-0.05, 0) is 67.8 Å². The van der Waals surface area contributed by atoms with E-state index in [1.165, 1.54) is 12.8 Å². The van der Waals surface area contributed by atoms with Gasteiger partial charge in [0.2, 0.25) is 0 Å². The van der Waals surface area contributed by atoms with Crippen molar-refractivity contribution in [3.8, 4) is 29.0 Å². The molecule has 2 aromatic carbocycles. The van der Waals surface area contributed by atoms with Crippen LogP contribution in [0, 0.1) is 18.3 Å². The van der Waals surface area contributed by atoms with Crippen LogP contribution in [0.3, 0.4) is 0 Å². The Morgan fingerprint density at radius 1 is 1.08 bits per heavy atom. The molecule has 0 amide bonds. The smallest absolute Gasteiger partial charge is 0.186 e. The summed E-state index contributed by atoms with van der Waals surface area (Å²) in [5.74, 6) is 1.71. The third-order valence-corrected chi connectivity index (χ3v) is 6.82. The van der Waals surface area contributed by atoms with E-state index in [9.17, 15) is 5.26 Å². The van der Waals surface area contributed by atoms with Crippen molar-refractivity contribution in [3.05, 3.63) is 64.0 Å². The van der Waals surface area contributed by atoms with Crippen LogP contribution in [0.15, 0.2) is 36.4 Å². The molecule has 0 atom stereocenters. The van der Waals surface area contributed by atoms with E-state index in [-0.39, 0.29) is 6.61 Å². The first-order valence-electron chi connectivity index (χ1n) is 13.1. The van der Waals surface area contributed by atoms with E-state index in [1.54, 1.807) is 18.7 Å². The molecule has 0 aliphatic heterocycles. The van der Waals surface area contributed by atoms with Gasteiger partial charge in [-0.15, -0.1) is 5.10 Å². The Kier molecular flexibility index (Phi) is 9.02. The van der Waals surface area contributed by atoms with Gasteiger partial charge in [0.05, 0.1) is 37.8 Å². The number of fused-ring (bicyclic) bond motifs is 1. The van der Waals surface area contributed by atoms with Gasteiger partial charge in [0.15, 0.2) is 11.5 Å². The first-order valence-corrected chi connectivity index (χ1v) is 13.1. The van der Waals surface area contributed by atoms with Crippen molar-refractivity contribution < 1.29 is 19.2 Å². The molecule has 0 fully saturated rings. The van der Waals surface area contributed by atoms with Crippen molar-refractivity contribution in [2.45, 2.75) is 40.2 Å². The quantitative estimate of drug-likeness (QED) is 0.190. The van der Waals surface area contributed by atoms with Crippen molar-refractivity contribution in [2.75, 3.05) is 39.3 Å². The summed E-state index contributed by atoms with van der Waals surface area (Å²) in [4.78, 5) is 17.3. The van der Waals surface area contributed by atoms with Crippen LogP contribution in [0.2, 0.25) is 0 Å². The van der Waals surface area contributed by atoms with Crippen LogP contribution in [0.25, 0.3) is 23.1 Å². The third-order valence-electron chi connectivity index (χ3n) is 6.82. The lowest BCUT2D eigenvalue weighted by molar-refractivity contribution is -0.282. The second-order valence-electron chi connectivity index (χ2n) is 9.13. The van der Waals surface area contributed by atoms with Crippen LogP contribution < -0.4 is 19.7 Å². The number of aromatic nitrogens is 3. The molecule has 9 nitrogen and oxygen atoms in total. The lowest BCUT2D eigenvalue weighted by atomic mass is 10.1. The third kappa shape index (κ3) is 5.67. The Labute approximate surface area is 229 Å². The molecule has 204 valence electrons. The van der Waals surface area contributed by atoms with Crippen LogP contribution in [0.1, 0.15) is 48.9 Å². The summed E-state index contributed by atoms with van der Waals surface area (Å²) in [5, 5.41) is 15.6. The molecule has 0 aliphatic carbocycles. The number of nitrogens with zero attached hydrogens (tertiary/aromatic N) is 5. The fourth-order valence-electron chi connectivity index (χ4n) is 4.65. The maximum Gasteiger partial charge on any atom is 0.186 e. The van der Waals surface area contributed by atoms with E-state index in [4.69, 9.17) is 29.3 Å². The number of ether oxygens (including phenoxy) is 2. The maximum atomic E-state index is 10.2. The summed E-state index contributed by atoms with van der Waals surface area (Å²) in [6.07, 6.45) is 4.28. The van der Waals surface area contributed by atoms with Gasteiger partial charge in [-0.25, -0.2) is 19.3 Å². The van der Waals surface area contributed by atoms with E-state index < -0.39 is 0 Å². The summed E-state index contributed by atoms with van der Waals surface area (Å²) < 4.78 is 12.7. The molecule has 0 spiro atoms. The Morgan fingerprint density at radius 3 is 2.54 bits per heavy atom. The molecular weight excluding hydrogens is 494 g/mol. The number of hydrogen-bond donors (Lipinski definition) is 0. The molecule has 0 saturated carbocycles. The van der Waals surface area contributed by atoms with Crippen molar-refractivity contribution >= 4 is 17.4 Å². The number of aryl methyl sites for hydroxylation is 1. The maximum absolute atomic E-state index is 10.2. The average Bonchev–Trinajstić information content (AvgIpc) is 3.50. The highest BCUT2D eigenvalue weighted by Gasteiger charge is 2.22. The average molecular weight is 530 g/mol. The minimum atomic E-state index is 0.0465. The fourth-order valence-corrected chi connectivity index (χ4v) is 4.65. The van der Waals surface area contributed by atoms with Gasteiger partial charge in [-0.1, -0.05) is 19.4 Å². The standard InChI is InChI=1S/C30H35N5O4/c1-7-9-14-34(8-2)22-11-10-21(20(3)15-22)16-27-25(18-31)26(19-39-38-6)30-32-29(33-35(27)30)24-17-23(36-4)12-13-28(24)37-5/h10-13,15-17H,7-9,14,19H2,1-6H3/b27-16+. The second kappa shape index (κ2) is 12.6. The summed E-state index contributed by atoms with van der Waals surface area (Å²) in [5.41, 5.74) is 5.51. The highest BCUT2D eigenvalue weighted by molar-refractivity contribution is 5.71.